The Hall–Kier alpha value is -0.420. The predicted molar refractivity (Wildman–Crippen MR) is 89.7 cm³/mol. The quantitative estimate of drug-likeness (QED) is 0.614. The highest BCUT2D eigenvalue weighted by Gasteiger charge is 2.21. The maximum atomic E-state index is 4.38. The first kappa shape index (κ1) is 16.0. The average molecular weight is 298 g/mol. The molecule has 0 aromatic carbocycles. The van der Waals surface area contributed by atoms with Gasteiger partial charge in [0.15, 0.2) is 5.96 Å². The Morgan fingerprint density at radius 1 is 1.30 bits per heavy atom. The van der Waals surface area contributed by atoms with Crippen LogP contribution < -0.4 is 10.6 Å². The lowest BCUT2D eigenvalue weighted by Crippen LogP contribution is -2.51. The Morgan fingerprint density at radius 3 is 2.90 bits per heavy atom. The molecule has 4 nitrogen and oxygen atoms in total. The first-order chi connectivity index (χ1) is 9.83. The van der Waals surface area contributed by atoms with Gasteiger partial charge in [0.2, 0.25) is 0 Å². The van der Waals surface area contributed by atoms with Crippen molar-refractivity contribution in [1.29, 1.82) is 0 Å². The van der Waals surface area contributed by atoms with E-state index >= 15 is 0 Å². The van der Waals surface area contributed by atoms with Crippen LogP contribution >= 0.6 is 11.8 Å². The number of hydrogen-bond acceptors (Lipinski definition) is 3. The fourth-order valence-electron chi connectivity index (χ4n) is 3.16. The molecule has 0 aromatic heterocycles. The number of likely N-dealkylation sites (tertiary alicyclic amines) is 1. The maximum Gasteiger partial charge on any atom is 0.191 e. The summed E-state index contributed by atoms with van der Waals surface area (Å²) in [6, 6.07) is 1.27. The molecule has 116 valence electrons. The van der Waals surface area contributed by atoms with Crippen LogP contribution in [0.4, 0.5) is 0 Å². The summed E-state index contributed by atoms with van der Waals surface area (Å²) in [6.07, 6.45) is 6.64. The Labute approximate surface area is 128 Å². The van der Waals surface area contributed by atoms with Gasteiger partial charge in [-0.2, -0.15) is 11.8 Å². The minimum Gasteiger partial charge on any atom is -0.355 e. The van der Waals surface area contributed by atoms with Gasteiger partial charge in [-0.05, 0) is 44.5 Å². The molecule has 0 amide bonds. The van der Waals surface area contributed by atoms with Crippen LogP contribution in [0.5, 0.6) is 0 Å². The minimum absolute atomic E-state index is 0.591. The summed E-state index contributed by atoms with van der Waals surface area (Å²) in [4.78, 5) is 6.98. The highest BCUT2D eigenvalue weighted by atomic mass is 32.2. The predicted octanol–water partition coefficient (Wildman–Crippen LogP) is 1.92. The van der Waals surface area contributed by atoms with Gasteiger partial charge in [-0.25, -0.2) is 0 Å². The topological polar surface area (TPSA) is 39.7 Å². The highest BCUT2D eigenvalue weighted by molar-refractivity contribution is 7.99. The van der Waals surface area contributed by atoms with Gasteiger partial charge in [0.05, 0.1) is 0 Å². The van der Waals surface area contributed by atoms with Crippen LogP contribution in [-0.4, -0.2) is 61.1 Å². The van der Waals surface area contributed by atoms with Crippen molar-refractivity contribution in [2.45, 2.75) is 51.1 Å². The Kier molecular flexibility index (Phi) is 7.00. The molecule has 2 aliphatic rings. The number of nitrogens with zero attached hydrogens (tertiary/aromatic N) is 2. The molecule has 20 heavy (non-hydrogen) atoms. The number of thioether (sulfide) groups is 1. The number of hydrogen-bond donors (Lipinski definition) is 2. The fourth-order valence-corrected chi connectivity index (χ4v) is 4.24. The lowest BCUT2D eigenvalue weighted by Gasteiger charge is -2.35. The number of guanidine groups is 1. The number of aliphatic imine (C=N–C) groups is 1. The summed E-state index contributed by atoms with van der Waals surface area (Å²) in [7, 11) is 1.88. The lowest BCUT2D eigenvalue weighted by atomic mass is 10.0. The van der Waals surface area contributed by atoms with Gasteiger partial charge in [0.1, 0.15) is 0 Å². The second-order valence-corrected chi connectivity index (χ2v) is 6.94. The Bertz CT molecular complexity index is 302. The van der Waals surface area contributed by atoms with E-state index in [-0.39, 0.29) is 0 Å². The summed E-state index contributed by atoms with van der Waals surface area (Å²) in [5.74, 6) is 3.52. The van der Waals surface area contributed by atoms with E-state index in [1.807, 2.05) is 7.05 Å². The highest BCUT2D eigenvalue weighted by Crippen LogP contribution is 2.17. The molecular weight excluding hydrogens is 268 g/mol. The molecule has 0 radical (unpaired) electrons. The van der Waals surface area contributed by atoms with E-state index in [1.165, 1.54) is 50.2 Å². The molecule has 2 aliphatic heterocycles. The van der Waals surface area contributed by atoms with Gasteiger partial charge in [-0.3, -0.25) is 9.89 Å². The molecule has 0 aliphatic carbocycles. The van der Waals surface area contributed by atoms with Gasteiger partial charge >= 0.3 is 0 Å². The first-order valence-electron chi connectivity index (χ1n) is 8.12. The molecule has 2 rings (SSSR count). The first-order valence-corrected chi connectivity index (χ1v) is 9.28. The molecule has 2 atom stereocenters. The molecule has 2 saturated heterocycles. The van der Waals surface area contributed by atoms with Crippen LogP contribution in [0, 0.1) is 0 Å². The lowest BCUT2D eigenvalue weighted by molar-refractivity contribution is 0.157. The zero-order valence-electron chi connectivity index (χ0n) is 13.0. The molecule has 0 saturated carbocycles. The summed E-state index contributed by atoms with van der Waals surface area (Å²) in [6.45, 7) is 5.71. The number of likely N-dealkylation sites (N-methyl/N-ethyl adjacent to an activating group) is 1. The third-order valence-electron chi connectivity index (χ3n) is 4.39. The van der Waals surface area contributed by atoms with Crippen molar-refractivity contribution in [2.75, 3.05) is 38.2 Å². The number of nitrogens with one attached hydrogen (secondary N) is 2. The molecule has 2 unspecified atom stereocenters. The molecule has 0 spiro atoms. The van der Waals surface area contributed by atoms with E-state index < -0.39 is 0 Å². The van der Waals surface area contributed by atoms with Crippen molar-refractivity contribution in [3.8, 4) is 0 Å². The molecule has 2 N–H and O–H groups in total. The van der Waals surface area contributed by atoms with E-state index in [2.05, 4.69) is 39.2 Å². The smallest absolute Gasteiger partial charge is 0.191 e. The van der Waals surface area contributed by atoms with Crippen LogP contribution in [-0.2, 0) is 0 Å². The van der Waals surface area contributed by atoms with Crippen LogP contribution in [0.3, 0.4) is 0 Å². The maximum absolute atomic E-state index is 4.38. The van der Waals surface area contributed by atoms with E-state index in [9.17, 15) is 0 Å². The monoisotopic (exact) mass is 298 g/mol. The molecule has 2 heterocycles. The van der Waals surface area contributed by atoms with Gasteiger partial charge in [-0.1, -0.05) is 13.3 Å². The van der Waals surface area contributed by atoms with E-state index in [0.717, 1.165) is 19.0 Å². The number of piperidine rings is 1. The van der Waals surface area contributed by atoms with Crippen LogP contribution in [0.2, 0.25) is 0 Å². The van der Waals surface area contributed by atoms with Crippen LogP contribution in [0.15, 0.2) is 4.99 Å². The third kappa shape index (κ3) is 4.85. The number of rotatable bonds is 4. The second kappa shape index (κ2) is 8.78. The van der Waals surface area contributed by atoms with Gasteiger partial charge in [0, 0.05) is 31.4 Å². The van der Waals surface area contributed by atoms with E-state index in [0.29, 0.717) is 12.1 Å². The van der Waals surface area contributed by atoms with Crippen molar-refractivity contribution >= 4 is 17.7 Å². The molecule has 0 bridgehead atoms. The van der Waals surface area contributed by atoms with Crippen molar-refractivity contribution in [3.05, 3.63) is 0 Å². The fraction of sp³-hybridized carbons (Fsp3) is 0.933. The molecule has 2 fully saturated rings. The van der Waals surface area contributed by atoms with Crippen molar-refractivity contribution in [1.82, 2.24) is 15.5 Å². The zero-order valence-corrected chi connectivity index (χ0v) is 13.8. The largest absolute Gasteiger partial charge is 0.355 e. The van der Waals surface area contributed by atoms with Crippen molar-refractivity contribution in [3.63, 3.8) is 0 Å². The zero-order chi connectivity index (χ0) is 14.2. The summed E-state index contributed by atoms with van der Waals surface area (Å²) in [5.41, 5.74) is 0. The summed E-state index contributed by atoms with van der Waals surface area (Å²) >= 11 is 2.05. The Balaban J connectivity index is 1.75. The van der Waals surface area contributed by atoms with E-state index in [4.69, 9.17) is 0 Å². The normalized spacial score (nSPS) is 29.2. The molecular formula is C15H30N4S. The van der Waals surface area contributed by atoms with Crippen molar-refractivity contribution < 1.29 is 0 Å². The SMILES string of the molecule is CCN1CCCCC1CNC(=NC)NC1CCCSC1. The average Bonchev–Trinajstić information content (AvgIpc) is 2.52. The van der Waals surface area contributed by atoms with Gasteiger partial charge < -0.3 is 10.6 Å². The van der Waals surface area contributed by atoms with Crippen molar-refractivity contribution in [2.24, 2.45) is 4.99 Å². The van der Waals surface area contributed by atoms with Crippen LogP contribution in [0.25, 0.3) is 0 Å². The van der Waals surface area contributed by atoms with Gasteiger partial charge in [-0.15, -0.1) is 0 Å². The molecule has 5 heteroatoms. The third-order valence-corrected chi connectivity index (χ3v) is 5.60. The summed E-state index contributed by atoms with van der Waals surface area (Å²) < 4.78 is 0. The Morgan fingerprint density at radius 2 is 2.20 bits per heavy atom. The molecule has 0 aromatic rings. The second-order valence-electron chi connectivity index (χ2n) is 5.79. The minimum atomic E-state index is 0.591. The summed E-state index contributed by atoms with van der Waals surface area (Å²) in [5, 5.41) is 7.12. The standard InChI is InChI=1S/C15H30N4S/c1-3-19-9-5-4-8-14(19)11-17-15(16-2)18-13-7-6-10-20-12-13/h13-14H,3-12H2,1-2H3,(H2,16,17,18). The van der Waals surface area contributed by atoms with E-state index in [1.54, 1.807) is 0 Å². The van der Waals surface area contributed by atoms with Gasteiger partial charge in [0.25, 0.3) is 0 Å². The van der Waals surface area contributed by atoms with Crippen LogP contribution in [0.1, 0.15) is 39.0 Å².